The molecule has 0 N–H and O–H groups in total. The molecule has 18 heavy (non-hydrogen) atoms. The van der Waals surface area contributed by atoms with Gasteiger partial charge in [0.2, 0.25) is 0 Å². The summed E-state index contributed by atoms with van der Waals surface area (Å²) in [4.78, 5) is 2.30. The van der Waals surface area contributed by atoms with Crippen molar-refractivity contribution in [3.05, 3.63) is 35.4 Å². The molecule has 1 heterocycles. The molecule has 1 unspecified atom stereocenters. The third-order valence-electron chi connectivity index (χ3n) is 3.39. The van der Waals surface area contributed by atoms with Crippen LogP contribution in [0, 0.1) is 0 Å². The SMILES string of the molecule is CCCC[C@@H]1CN1Cc1ccc(C(F)(F)F)cc1. The summed E-state index contributed by atoms with van der Waals surface area (Å²) in [6.45, 7) is 4.02. The maximum absolute atomic E-state index is 12.4. The van der Waals surface area contributed by atoms with Crippen molar-refractivity contribution < 1.29 is 13.2 Å². The summed E-state index contributed by atoms with van der Waals surface area (Å²) in [7, 11) is 0. The van der Waals surface area contributed by atoms with Gasteiger partial charge in [-0.05, 0) is 24.1 Å². The van der Waals surface area contributed by atoms with E-state index in [4.69, 9.17) is 0 Å². The summed E-state index contributed by atoms with van der Waals surface area (Å²) in [6, 6.07) is 6.14. The van der Waals surface area contributed by atoms with E-state index >= 15 is 0 Å². The van der Waals surface area contributed by atoms with Crippen LogP contribution in [0.25, 0.3) is 0 Å². The average molecular weight is 257 g/mol. The molecule has 1 aliphatic rings. The zero-order valence-electron chi connectivity index (χ0n) is 10.5. The van der Waals surface area contributed by atoms with Crippen molar-refractivity contribution in [1.29, 1.82) is 0 Å². The average Bonchev–Trinajstić information content (AvgIpc) is 3.04. The van der Waals surface area contributed by atoms with Crippen molar-refractivity contribution in [3.8, 4) is 0 Å². The van der Waals surface area contributed by atoms with Crippen molar-refractivity contribution >= 4 is 0 Å². The molecule has 0 spiro atoms. The van der Waals surface area contributed by atoms with Crippen LogP contribution < -0.4 is 0 Å². The molecule has 0 aromatic heterocycles. The Kier molecular flexibility index (Phi) is 3.95. The molecule has 2 atom stereocenters. The number of nitrogens with zero attached hydrogens (tertiary/aromatic N) is 1. The molecule has 1 aliphatic heterocycles. The van der Waals surface area contributed by atoms with Crippen molar-refractivity contribution in [2.75, 3.05) is 6.54 Å². The minimum Gasteiger partial charge on any atom is -0.293 e. The molecule has 1 aromatic rings. The van der Waals surface area contributed by atoms with Crippen molar-refractivity contribution in [2.24, 2.45) is 0 Å². The molecule has 1 aromatic carbocycles. The quantitative estimate of drug-likeness (QED) is 0.718. The molecule has 0 saturated carbocycles. The number of unbranched alkanes of at least 4 members (excludes halogenated alkanes) is 1. The first-order valence-electron chi connectivity index (χ1n) is 6.41. The molecular weight excluding hydrogens is 239 g/mol. The molecule has 1 saturated heterocycles. The monoisotopic (exact) mass is 257 g/mol. The minimum absolute atomic E-state index is 0.570. The topological polar surface area (TPSA) is 3.01 Å². The van der Waals surface area contributed by atoms with Gasteiger partial charge in [0.05, 0.1) is 5.56 Å². The highest BCUT2D eigenvalue weighted by Crippen LogP contribution is 2.30. The predicted octanol–water partition coefficient (Wildman–Crippen LogP) is 4.08. The molecule has 100 valence electrons. The number of hydrogen-bond donors (Lipinski definition) is 0. The van der Waals surface area contributed by atoms with Crippen molar-refractivity contribution in [1.82, 2.24) is 4.90 Å². The molecule has 0 amide bonds. The predicted molar refractivity (Wildman–Crippen MR) is 65.2 cm³/mol. The van der Waals surface area contributed by atoms with Crippen LogP contribution in [0.15, 0.2) is 24.3 Å². The van der Waals surface area contributed by atoms with Gasteiger partial charge < -0.3 is 0 Å². The molecule has 0 aliphatic carbocycles. The highest BCUT2D eigenvalue weighted by atomic mass is 19.4. The summed E-state index contributed by atoms with van der Waals surface area (Å²) in [6.07, 6.45) is -0.599. The largest absolute Gasteiger partial charge is 0.416 e. The fraction of sp³-hybridized carbons (Fsp3) is 0.571. The summed E-state index contributed by atoms with van der Waals surface area (Å²) in [5.74, 6) is 0. The van der Waals surface area contributed by atoms with Crippen LogP contribution in [0.3, 0.4) is 0 Å². The third-order valence-corrected chi connectivity index (χ3v) is 3.39. The maximum atomic E-state index is 12.4. The van der Waals surface area contributed by atoms with Gasteiger partial charge in [0.1, 0.15) is 0 Å². The number of alkyl halides is 3. The van der Waals surface area contributed by atoms with E-state index in [-0.39, 0.29) is 0 Å². The summed E-state index contributed by atoms with van der Waals surface area (Å²) in [5.41, 5.74) is 0.390. The van der Waals surface area contributed by atoms with Gasteiger partial charge in [-0.15, -0.1) is 0 Å². The first kappa shape index (κ1) is 13.4. The fourth-order valence-corrected chi connectivity index (χ4v) is 2.16. The zero-order valence-corrected chi connectivity index (χ0v) is 10.5. The van der Waals surface area contributed by atoms with Gasteiger partial charge >= 0.3 is 6.18 Å². The molecule has 2 rings (SSSR count). The van der Waals surface area contributed by atoms with Gasteiger partial charge in [-0.25, -0.2) is 0 Å². The number of rotatable bonds is 5. The van der Waals surface area contributed by atoms with Crippen molar-refractivity contribution in [2.45, 2.75) is 44.9 Å². The molecular formula is C14H18F3N. The van der Waals surface area contributed by atoms with Crippen LogP contribution in [0.5, 0.6) is 0 Å². The maximum Gasteiger partial charge on any atom is 0.416 e. The highest BCUT2D eigenvalue weighted by Gasteiger charge is 2.33. The molecule has 4 heteroatoms. The van der Waals surface area contributed by atoms with Gasteiger partial charge in [0.25, 0.3) is 0 Å². The smallest absolute Gasteiger partial charge is 0.293 e. The Labute approximate surface area is 106 Å². The second-order valence-corrected chi connectivity index (χ2v) is 4.92. The van der Waals surface area contributed by atoms with Crippen LogP contribution in [-0.4, -0.2) is 17.5 Å². The fourth-order valence-electron chi connectivity index (χ4n) is 2.16. The highest BCUT2D eigenvalue weighted by molar-refractivity contribution is 5.25. The lowest BCUT2D eigenvalue weighted by Gasteiger charge is -2.08. The van der Waals surface area contributed by atoms with Gasteiger partial charge in [-0.3, -0.25) is 4.90 Å². The molecule has 1 nitrogen and oxygen atoms in total. The third kappa shape index (κ3) is 3.48. The Morgan fingerprint density at radius 1 is 1.22 bits per heavy atom. The minimum atomic E-state index is -4.23. The first-order chi connectivity index (χ1) is 8.50. The van der Waals surface area contributed by atoms with E-state index in [2.05, 4.69) is 11.8 Å². The van der Waals surface area contributed by atoms with E-state index in [0.29, 0.717) is 6.04 Å². The van der Waals surface area contributed by atoms with Gasteiger partial charge in [-0.2, -0.15) is 13.2 Å². The van der Waals surface area contributed by atoms with E-state index in [1.54, 1.807) is 12.1 Å². The Balaban J connectivity index is 1.85. The summed E-state index contributed by atoms with van der Waals surface area (Å²) < 4.78 is 37.2. The normalized spacial score (nSPS) is 23.1. The number of hydrogen-bond acceptors (Lipinski definition) is 1. The zero-order chi connectivity index (χ0) is 13.2. The lowest BCUT2D eigenvalue weighted by molar-refractivity contribution is -0.137. The van der Waals surface area contributed by atoms with Crippen LogP contribution in [0.4, 0.5) is 13.2 Å². The van der Waals surface area contributed by atoms with E-state index in [1.807, 2.05) is 0 Å². The van der Waals surface area contributed by atoms with E-state index in [9.17, 15) is 13.2 Å². The van der Waals surface area contributed by atoms with E-state index in [0.717, 1.165) is 18.7 Å². The standard InChI is InChI=1S/C14H18F3N/c1-2-3-4-13-10-18(13)9-11-5-7-12(8-6-11)14(15,16)17/h5-8,13H,2-4,9-10H2,1H3/t13-,18?/m1/s1. The Morgan fingerprint density at radius 3 is 2.44 bits per heavy atom. The number of benzene rings is 1. The van der Waals surface area contributed by atoms with Crippen LogP contribution >= 0.6 is 0 Å². The van der Waals surface area contributed by atoms with Gasteiger partial charge in [0, 0.05) is 19.1 Å². The van der Waals surface area contributed by atoms with Crippen LogP contribution in [0.1, 0.15) is 37.3 Å². The number of halogens is 3. The van der Waals surface area contributed by atoms with Crippen LogP contribution in [0.2, 0.25) is 0 Å². The summed E-state index contributed by atoms with van der Waals surface area (Å²) >= 11 is 0. The molecule has 1 fully saturated rings. The lowest BCUT2D eigenvalue weighted by Crippen LogP contribution is -2.06. The van der Waals surface area contributed by atoms with Crippen molar-refractivity contribution in [3.63, 3.8) is 0 Å². The Bertz CT molecular complexity index is 383. The second-order valence-electron chi connectivity index (χ2n) is 4.92. The van der Waals surface area contributed by atoms with Gasteiger partial charge in [-0.1, -0.05) is 31.9 Å². The Hall–Kier alpha value is -1.03. The molecule has 0 bridgehead atoms. The summed E-state index contributed by atoms with van der Waals surface area (Å²) in [5, 5.41) is 0. The van der Waals surface area contributed by atoms with E-state index < -0.39 is 11.7 Å². The first-order valence-corrected chi connectivity index (χ1v) is 6.41. The lowest BCUT2D eigenvalue weighted by atomic mass is 10.1. The van der Waals surface area contributed by atoms with Crippen LogP contribution in [-0.2, 0) is 12.7 Å². The van der Waals surface area contributed by atoms with E-state index in [1.165, 1.54) is 31.4 Å². The second kappa shape index (κ2) is 5.31. The molecule has 0 radical (unpaired) electrons. The Morgan fingerprint density at radius 2 is 1.89 bits per heavy atom. The van der Waals surface area contributed by atoms with Gasteiger partial charge in [0.15, 0.2) is 0 Å².